The van der Waals surface area contributed by atoms with Crippen LogP contribution in [-0.2, 0) is 20.9 Å². The molecule has 2 aromatic rings. The van der Waals surface area contributed by atoms with Gasteiger partial charge in [-0.15, -0.1) is 5.10 Å². The van der Waals surface area contributed by atoms with Crippen LogP contribution in [0.25, 0.3) is 11.5 Å². The molecule has 8 nitrogen and oxygen atoms in total. The van der Waals surface area contributed by atoms with E-state index in [1.165, 1.54) is 24.3 Å². The molecule has 1 N–H and O–H groups in total. The predicted octanol–water partition coefficient (Wildman–Crippen LogP) is 2.52. The summed E-state index contributed by atoms with van der Waals surface area (Å²) in [5, 5.41) is 6.65. The molecule has 1 aromatic carbocycles. The Balaban J connectivity index is 1.80. The van der Waals surface area contributed by atoms with Crippen LogP contribution >= 0.6 is 0 Å². The Morgan fingerprint density at radius 3 is 2.55 bits per heavy atom. The molecule has 0 fully saturated rings. The van der Waals surface area contributed by atoms with Gasteiger partial charge in [-0.3, -0.25) is 9.59 Å². The summed E-state index contributed by atoms with van der Waals surface area (Å²) in [6.07, 6.45) is 2.93. The quantitative estimate of drug-likeness (QED) is 0.607. The van der Waals surface area contributed by atoms with E-state index in [0.29, 0.717) is 11.5 Å². The molecule has 0 radical (unpaired) electrons. The number of nitrogens with zero attached hydrogens (tertiary/aromatic N) is 2. The fourth-order valence-corrected chi connectivity index (χ4v) is 2.65. The standard InChI is InChI=1S/C20H26FN3O5/c1-13(2)5-4-6-14(3)22-17(25)12-28-18(26)11-24-20(27)29-19(23-24)15-7-9-16(21)10-8-15/h7-10,13-14H,4-6,11-12H2,1-3H3,(H,22,25). The minimum absolute atomic E-state index is 0.0172. The van der Waals surface area contributed by atoms with Crippen molar-refractivity contribution in [3.63, 3.8) is 0 Å². The summed E-state index contributed by atoms with van der Waals surface area (Å²) >= 11 is 0. The summed E-state index contributed by atoms with van der Waals surface area (Å²) in [5.74, 6) is -1.93. The number of rotatable bonds is 10. The van der Waals surface area contributed by atoms with Gasteiger partial charge in [-0.2, -0.15) is 4.68 Å². The Hall–Kier alpha value is -2.97. The van der Waals surface area contributed by atoms with Crippen LogP contribution in [-0.4, -0.2) is 34.3 Å². The lowest BCUT2D eigenvalue weighted by atomic mass is 10.0. The zero-order valence-electron chi connectivity index (χ0n) is 16.8. The summed E-state index contributed by atoms with van der Waals surface area (Å²) in [6, 6.07) is 5.18. The number of ether oxygens (including phenoxy) is 1. The van der Waals surface area contributed by atoms with Gasteiger partial charge in [0.05, 0.1) is 0 Å². The molecule has 1 atom stereocenters. The van der Waals surface area contributed by atoms with E-state index in [2.05, 4.69) is 24.3 Å². The third-order valence-corrected chi connectivity index (χ3v) is 4.17. The van der Waals surface area contributed by atoms with Crippen LogP contribution < -0.4 is 11.1 Å². The Labute approximate surface area is 168 Å². The summed E-state index contributed by atoms with van der Waals surface area (Å²) in [4.78, 5) is 35.6. The molecule has 0 aliphatic rings. The Bertz CT molecular complexity index is 873. The molecule has 1 unspecified atom stereocenters. The van der Waals surface area contributed by atoms with Crippen LogP contribution in [0.15, 0.2) is 33.5 Å². The molecule has 158 valence electrons. The first-order valence-corrected chi connectivity index (χ1v) is 9.53. The van der Waals surface area contributed by atoms with Gasteiger partial charge in [-0.25, -0.2) is 9.18 Å². The third-order valence-electron chi connectivity index (χ3n) is 4.17. The number of benzene rings is 1. The van der Waals surface area contributed by atoms with E-state index in [9.17, 15) is 18.8 Å². The lowest BCUT2D eigenvalue weighted by Gasteiger charge is -2.14. The maximum Gasteiger partial charge on any atom is 0.437 e. The molecule has 0 spiro atoms. The van der Waals surface area contributed by atoms with Gasteiger partial charge >= 0.3 is 11.7 Å². The van der Waals surface area contributed by atoms with Gasteiger partial charge in [0.25, 0.3) is 5.91 Å². The average Bonchev–Trinajstić information content (AvgIpc) is 3.00. The molecule has 1 heterocycles. The monoisotopic (exact) mass is 407 g/mol. The maximum atomic E-state index is 13.0. The van der Waals surface area contributed by atoms with Crippen LogP contribution in [0.5, 0.6) is 0 Å². The van der Waals surface area contributed by atoms with Gasteiger partial charge in [0.2, 0.25) is 5.89 Å². The van der Waals surface area contributed by atoms with Crippen molar-refractivity contribution in [2.24, 2.45) is 5.92 Å². The maximum absolute atomic E-state index is 13.0. The Morgan fingerprint density at radius 2 is 1.90 bits per heavy atom. The van der Waals surface area contributed by atoms with Crippen molar-refractivity contribution < 1.29 is 23.1 Å². The van der Waals surface area contributed by atoms with Crippen LogP contribution in [0.3, 0.4) is 0 Å². The van der Waals surface area contributed by atoms with Crippen molar-refractivity contribution in [1.29, 1.82) is 0 Å². The smallest absolute Gasteiger partial charge is 0.437 e. The van der Waals surface area contributed by atoms with Crippen molar-refractivity contribution in [2.75, 3.05) is 6.61 Å². The van der Waals surface area contributed by atoms with Gasteiger partial charge in [0.15, 0.2) is 6.61 Å². The predicted molar refractivity (Wildman–Crippen MR) is 103 cm³/mol. The van der Waals surface area contributed by atoms with Gasteiger partial charge < -0.3 is 14.5 Å². The van der Waals surface area contributed by atoms with E-state index in [-0.39, 0.29) is 11.9 Å². The van der Waals surface area contributed by atoms with Crippen LogP contribution in [0, 0.1) is 11.7 Å². The minimum atomic E-state index is -0.857. The molecule has 0 aliphatic carbocycles. The zero-order chi connectivity index (χ0) is 21.4. The summed E-state index contributed by atoms with van der Waals surface area (Å²) in [7, 11) is 0. The number of hydrogen-bond donors (Lipinski definition) is 1. The number of carbonyl (C=O) groups excluding carboxylic acids is 2. The number of hydrogen-bond acceptors (Lipinski definition) is 6. The van der Waals surface area contributed by atoms with Gasteiger partial charge in [0.1, 0.15) is 12.4 Å². The Kier molecular flexibility index (Phi) is 8.11. The molecule has 9 heteroatoms. The lowest BCUT2D eigenvalue weighted by molar-refractivity contribution is -0.149. The molecular formula is C20H26FN3O5. The first-order valence-electron chi connectivity index (χ1n) is 9.53. The number of amides is 1. The highest BCUT2D eigenvalue weighted by Crippen LogP contribution is 2.15. The fraction of sp³-hybridized carbons (Fsp3) is 0.500. The Morgan fingerprint density at radius 1 is 1.21 bits per heavy atom. The number of aromatic nitrogens is 2. The normalized spacial score (nSPS) is 12.0. The van der Waals surface area contributed by atoms with Crippen LogP contribution in [0.2, 0.25) is 0 Å². The van der Waals surface area contributed by atoms with Gasteiger partial charge in [-0.05, 0) is 43.5 Å². The van der Waals surface area contributed by atoms with Crippen LogP contribution in [0.1, 0.15) is 40.0 Å². The number of nitrogens with one attached hydrogen (secondary N) is 1. The van der Waals surface area contributed by atoms with E-state index in [0.717, 1.165) is 23.9 Å². The molecule has 0 saturated heterocycles. The van der Waals surface area contributed by atoms with Gasteiger partial charge in [-0.1, -0.05) is 26.7 Å². The highest BCUT2D eigenvalue weighted by atomic mass is 19.1. The molecule has 0 bridgehead atoms. The third kappa shape index (κ3) is 7.52. The largest absolute Gasteiger partial charge is 0.454 e. The van der Waals surface area contributed by atoms with E-state index < -0.39 is 36.6 Å². The molecule has 0 saturated carbocycles. The lowest BCUT2D eigenvalue weighted by Crippen LogP contribution is -2.36. The molecular weight excluding hydrogens is 381 g/mol. The number of carbonyl (C=O) groups is 2. The molecule has 0 aliphatic heterocycles. The van der Waals surface area contributed by atoms with Crippen molar-refractivity contribution in [2.45, 2.75) is 52.6 Å². The summed E-state index contributed by atoms with van der Waals surface area (Å²) in [6.45, 7) is 5.24. The first kappa shape index (κ1) is 22.3. The van der Waals surface area contributed by atoms with E-state index in [1.807, 2.05) is 6.92 Å². The van der Waals surface area contributed by atoms with Crippen molar-refractivity contribution in [3.8, 4) is 11.5 Å². The number of halogens is 1. The second kappa shape index (κ2) is 10.5. The average molecular weight is 407 g/mol. The van der Waals surface area contributed by atoms with Crippen molar-refractivity contribution >= 4 is 11.9 Å². The van der Waals surface area contributed by atoms with Crippen molar-refractivity contribution in [3.05, 3.63) is 40.6 Å². The molecule has 1 aromatic heterocycles. The van der Waals surface area contributed by atoms with Crippen LogP contribution in [0.4, 0.5) is 4.39 Å². The highest BCUT2D eigenvalue weighted by molar-refractivity contribution is 5.80. The topological polar surface area (TPSA) is 103 Å². The first-order chi connectivity index (χ1) is 13.7. The minimum Gasteiger partial charge on any atom is -0.454 e. The second-order valence-corrected chi connectivity index (χ2v) is 7.29. The summed E-state index contributed by atoms with van der Waals surface area (Å²) < 4.78 is 23.6. The van der Waals surface area contributed by atoms with Gasteiger partial charge in [0, 0.05) is 11.6 Å². The SMILES string of the molecule is CC(C)CCCC(C)NC(=O)COC(=O)Cn1nc(-c2ccc(F)cc2)oc1=O. The van der Waals surface area contributed by atoms with Crippen molar-refractivity contribution in [1.82, 2.24) is 15.1 Å². The number of esters is 1. The molecule has 29 heavy (non-hydrogen) atoms. The van der Waals surface area contributed by atoms with E-state index in [1.54, 1.807) is 0 Å². The van der Waals surface area contributed by atoms with E-state index in [4.69, 9.17) is 9.15 Å². The molecule has 2 rings (SSSR count). The molecule has 1 amide bonds. The summed E-state index contributed by atoms with van der Waals surface area (Å²) in [5.41, 5.74) is 0.390. The highest BCUT2D eigenvalue weighted by Gasteiger charge is 2.16. The van der Waals surface area contributed by atoms with E-state index >= 15 is 0 Å². The zero-order valence-corrected chi connectivity index (χ0v) is 16.8. The second-order valence-electron chi connectivity index (χ2n) is 7.29. The fourth-order valence-electron chi connectivity index (χ4n) is 2.65.